The van der Waals surface area contributed by atoms with E-state index in [9.17, 15) is 9.59 Å². The van der Waals surface area contributed by atoms with Gasteiger partial charge in [-0.3, -0.25) is 9.59 Å². The Kier molecular flexibility index (Phi) is 5.59. The number of anilines is 1. The number of ether oxygens (including phenoxy) is 1. The molecule has 156 valence electrons. The van der Waals surface area contributed by atoms with Crippen molar-refractivity contribution < 1.29 is 14.3 Å². The lowest BCUT2D eigenvalue weighted by molar-refractivity contribution is -0.121. The molecule has 30 heavy (non-hydrogen) atoms. The second-order valence-electron chi connectivity index (χ2n) is 7.32. The molecular formula is C21H22ClN5O3. The van der Waals surface area contributed by atoms with E-state index in [4.69, 9.17) is 16.3 Å². The van der Waals surface area contributed by atoms with Crippen molar-refractivity contribution in [3.63, 3.8) is 0 Å². The number of fused-ring (bicyclic) bond motifs is 1. The molecule has 9 heteroatoms. The van der Waals surface area contributed by atoms with Crippen molar-refractivity contribution in [2.45, 2.75) is 12.8 Å². The Morgan fingerprint density at radius 3 is 2.63 bits per heavy atom. The number of piperidine rings is 1. The van der Waals surface area contributed by atoms with Crippen molar-refractivity contribution in [2.24, 2.45) is 13.0 Å². The van der Waals surface area contributed by atoms with E-state index in [1.807, 2.05) is 13.1 Å². The van der Waals surface area contributed by atoms with E-state index in [1.54, 1.807) is 47.0 Å². The zero-order valence-electron chi connectivity index (χ0n) is 16.8. The summed E-state index contributed by atoms with van der Waals surface area (Å²) in [4.78, 5) is 27.3. The predicted octanol–water partition coefficient (Wildman–Crippen LogP) is 3.12. The van der Waals surface area contributed by atoms with Crippen LogP contribution in [0.5, 0.6) is 5.75 Å². The minimum atomic E-state index is -0.155. The fourth-order valence-corrected chi connectivity index (χ4v) is 3.95. The van der Waals surface area contributed by atoms with Gasteiger partial charge >= 0.3 is 0 Å². The molecular weight excluding hydrogens is 406 g/mol. The molecule has 1 fully saturated rings. The molecule has 8 nitrogen and oxygen atoms in total. The first-order valence-corrected chi connectivity index (χ1v) is 10.1. The van der Waals surface area contributed by atoms with Crippen molar-refractivity contribution in [2.75, 3.05) is 25.5 Å². The number of hydrogen-bond donors (Lipinski definition) is 1. The van der Waals surface area contributed by atoms with Gasteiger partial charge in [0.25, 0.3) is 5.91 Å². The number of benzene rings is 2. The molecule has 0 spiro atoms. The molecule has 2 aromatic carbocycles. The lowest BCUT2D eigenvalue weighted by Crippen LogP contribution is -2.41. The summed E-state index contributed by atoms with van der Waals surface area (Å²) in [5.74, 6) is 0.284. The SMILES string of the molecule is COc1ccc(NC(=O)C2CCN(C(=O)c3ccc4c(c3)nnn4C)CC2)cc1Cl. The van der Waals surface area contributed by atoms with Crippen molar-refractivity contribution in [1.82, 2.24) is 19.9 Å². The lowest BCUT2D eigenvalue weighted by Gasteiger charge is -2.31. The van der Waals surface area contributed by atoms with Crippen LogP contribution < -0.4 is 10.1 Å². The molecule has 2 heterocycles. The van der Waals surface area contributed by atoms with Crippen LogP contribution in [-0.2, 0) is 11.8 Å². The number of aryl methyl sites for hydroxylation is 1. The summed E-state index contributed by atoms with van der Waals surface area (Å²) in [7, 11) is 3.35. The second kappa shape index (κ2) is 8.31. The van der Waals surface area contributed by atoms with E-state index in [2.05, 4.69) is 15.6 Å². The number of amides is 2. The zero-order valence-corrected chi connectivity index (χ0v) is 17.5. The van der Waals surface area contributed by atoms with Gasteiger partial charge < -0.3 is 15.0 Å². The fraction of sp³-hybridized carbons (Fsp3) is 0.333. The molecule has 1 aliphatic rings. The Morgan fingerprint density at radius 2 is 1.93 bits per heavy atom. The highest BCUT2D eigenvalue weighted by Gasteiger charge is 2.28. The molecule has 1 aliphatic heterocycles. The Labute approximate surface area is 178 Å². The summed E-state index contributed by atoms with van der Waals surface area (Å²) in [5.41, 5.74) is 2.77. The van der Waals surface area contributed by atoms with Gasteiger partial charge in [0, 0.05) is 37.3 Å². The van der Waals surface area contributed by atoms with Gasteiger partial charge in [0.15, 0.2) is 0 Å². The third-order valence-electron chi connectivity index (χ3n) is 5.43. The smallest absolute Gasteiger partial charge is 0.253 e. The third kappa shape index (κ3) is 3.95. The van der Waals surface area contributed by atoms with E-state index in [1.165, 1.54) is 0 Å². The van der Waals surface area contributed by atoms with Crippen LogP contribution >= 0.6 is 11.6 Å². The van der Waals surface area contributed by atoms with Gasteiger partial charge in [0.2, 0.25) is 5.91 Å². The number of hydrogen-bond acceptors (Lipinski definition) is 5. The number of nitrogens with zero attached hydrogens (tertiary/aromatic N) is 4. The highest BCUT2D eigenvalue weighted by molar-refractivity contribution is 6.32. The number of carbonyl (C=O) groups excluding carboxylic acids is 2. The Balaban J connectivity index is 1.36. The van der Waals surface area contributed by atoms with Gasteiger partial charge in [-0.2, -0.15) is 0 Å². The van der Waals surface area contributed by atoms with Crippen LogP contribution in [0, 0.1) is 5.92 Å². The number of aromatic nitrogens is 3. The zero-order chi connectivity index (χ0) is 21.3. The summed E-state index contributed by atoms with van der Waals surface area (Å²) >= 11 is 6.12. The maximum absolute atomic E-state index is 12.9. The van der Waals surface area contributed by atoms with Crippen LogP contribution in [0.25, 0.3) is 11.0 Å². The van der Waals surface area contributed by atoms with Gasteiger partial charge in [-0.05, 0) is 49.2 Å². The monoisotopic (exact) mass is 427 g/mol. The molecule has 1 saturated heterocycles. The maximum atomic E-state index is 12.9. The number of rotatable bonds is 4. The van der Waals surface area contributed by atoms with E-state index < -0.39 is 0 Å². The molecule has 0 unspecified atom stereocenters. The third-order valence-corrected chi connectivity index (χ3v) is 5.73. The molecule has 1 N–H and O–H groups in total. The predicted molar refractivity (Wildman–Crippen MR) is 114 cm³/mol. The molecule has 0 saturated carbocycles. The standard InChI is InChI=1S/C21H22ClN5O3/c1-26-18-5-3-14(11-17(18)24-25-26)21(29)27-9-7-13(8-10-27)20(28)23-15-4-6-19(30-2)16(22)12-15/h3-6,11-13H,7-10H2,1-2H3,(H,23,28). The van der Waals surface area contributed by atoms with Crippen LogP contribution in [0.1, 0.15) is 23.2 Å². The number of likely N-dealkylation sites (tertiary alicyclic amines) is 1. The molecule has 2 amide bonds. The van der Waals surface area contributed by atoms with Crippen molar-refractivity contribution in [1.29, 1.82) is 0 Å². The maximum Gasteiger partial charge on any atom is 0.253 e. The molecule has 0 radical (unpaired) electrons. The second-order valence-corrected chi connectivity index (χ2v) is 7.73. The van der Waals surface area contributed by atoms with Crippen LogP contribution in [0.4, 0.5) is 5.69 Å². The Bertz CT molecular complexity index is 1110. The van der Waals surface area contributed by atoms with E-state index >= 15 is 0 Å². The van der Waals surface area contributed by atoms with Gasteiger partial charge in [-0.15, -0.1) is 5.10 Å². The van der Waals surface area contributed by atoms with Crippen LogP contribution in [0.2, 0.25) is 5.02 Å². The minimum Gasteiger partial charge on any atom is -0.495 e. The van der Waals surface area contributed by atoms with Gasteiger partial charge in [0.1, 0.15) is 11.3 Å². The highest BCUT2D eigenvalue weighted by Crippen LogP contribution is 2.28. The summed E-state index contributed by atoms with van der Waals surface area (Å²) in [6, 6.07) is 10.5. The largest absolute Gasteiger partial charge is 0.495 e. The Hall–Kier alpha value is -3.13. The van der Waals surface area contributed by atoms with E-state index in [-0.39, 0.29) is 17.7 Å². The summed E-state index contributed by atoms with van der Waals surface area (Å²) in [6.45, 7) is 1.05. The van der Waals surface area contributed by atoms with Gasteiger partial charge in [-0.25, -0.2) is 4.68 Å². The quantitative estimate of drug-likeness (QED) is 0.691. The van der Waals surface area contributed by atoms with Crippen molar-refractivity contribution in [3.05, 3.63) is 47.0 Å². The normalized spacial score (nSPS) is 14.7. The molecule has 4 rings (SSSR count). The molecule has 0 bridgehead atoms. The first-order valence-electron chi connectivity index (χ1n) is 9.69. The fourth-order valence-electron chi connectivity index (χ4n) is 3.69. The summed E-state index contributed by atoms with van der Waals surface area (Å²) in [5, 5.41) is 11.4. The van der Waals surface area contributed by atoms with E-state index in [0.717, 1.165) is 5.52 Å². The van der Waals surface area contributed by atoms with Crippen molar-refractivity contribution >= 4 is 40.1 Å². The average molecular weight is 428 g/mol. The summed E-state index contributed by atoms with van der Waals surface area (Å²) in [6.07, 6.45) is 1.21. The average Bonchev–Trinajstić information content (AvgIpc) is 3.13. The topological polar surface area (TPSA) is 89.3 Å². The van der Waals surface area contributed by atoms with Crippen molar-refractivity contribution in [3.8, 4) is 5.75 Å². The highest BCUT2D eigenvalue weighted by atomic mass is 35.5. The lowest BCUT2D eigenvalue weighted by atomic mass is 9.95. The van der Waals surface area contributed by atoms with Gasteiger partial charge in [-0.1, -0.05) is 16.8 Å². The molecule has 0 atom stereocenters. The van der Waals surface area contributed by atoms with Gasteiger partial charge in [0.05, 0.1) is 17.6 Å². The molecule has 0 aliphatic carbocycles. The minimum absolute atomic E-state index is 0.0525. The Morgan fingerprint density at radius 1 is 1.17 bits per heavy atom. The number of carbonyl (C=O) groups is 2. The van der Waals surface area contributed by atoms with Crippen LogP contribution in [0.3, 0.4) is 0 Å². The molecule has 3 aromatic rings. The first-order chi connectivity index (χ1) is 14.5. The number of halogens is 1. The van der Waals surface area contributed by atoms with Crippen LogP contribution in [0.15, 0.2) is 36.4 Å². The summed E-state index contributed by atoms with van der Waals surface area (Å²) < 4.78 is 6.80. The number of nitrogens with one attached hydrogen (secondary N) is 1. The van der Waals surface area contributed by atoms with Crippen LogP contribution in [-0.4, -0.2) is 51.9 Å². The molecule has 1 aromatic heterocycles. The number of methoxy groups -OCH3 is 1. The van der Waals surface area contributed by atoms with E-state index in [0.29, 0.717) is 53.5 Å². The first kappa shape index (κ1) is 20.2.